The Morgan fingerprint density at radius 3 is 2.38 bits per heavy atom. The number of aromatic nitrogens is 2. The lowest BCUT2D eigenvalue weighted by Crippen LogP contribution is -2.24. The SMILES string of the molecule is Cc1ccc(-c2nccc(Nc3ccc(C(=O)NCCCc4ccccc4)cc3)n2)cc1. The first-order valence-corrected chi connectivity index (χ1v) is 10.8. The van der Waals surface area contributed by atoms with Crippen molar-refractivity contribution in [2.75, 3.05) is 11.9 Å². The molecule has 5 heteroatoms. The third-order valence-corrected chi connectivity index (χ3v) is 5.16. The quantitative estimate of drug-likeness (QED) is 0.365. The van der Waals surface area contributed by atoms with Gasteiger partial charge in [0.05, 0.1) is 0 Å². The van der Waals surface area contributed by atoms with Crippen molar-refractivity contribution >= 4 is 17.4 Å². The van der Waals surface area contributed by atoms with Gasteiger partial charge in [-0.3, -0.25) is 4.79 Å². The third-order valence-electron chi connectivity index (χ3n) is 5.16. The molecule has 0 unspecified atom stereocenters. The van der Waals surface area contributed by atoms with Crippen LogP contribution in [0.25, 0.3) is 11.4 Å². The monoisotopic (exact) mass is 422 g/mol. The summed E-state index contributed by atoms with van der Waals surface area (Å²) in [6, 6.07) is 27.6. The van der Waals surface area contributed by atoms with Crippen LogP contribution in [0.4, 0.5) is 11.5 Å². The maximum Gasteiger partial charge on any atom is 0.251 e. The molecule has 4 rings (SSSR count). The standard InChI is InChI=1S/C27H26N4O/c1-20-9-11-22(12-10-20)26-28-19-17-25(31-26)30-24-15-13-23(14-16-24)27(32)29-18-5-8-21-6-3-2-4-7-21/h2-4,6-7,9-17,19H,5,8,18H2,1H3,(H,29,32)(H,28,30,31). The highest BCUT2D eigenvalue weighted by Crippen LogP contribution is 2.20. The summed E-state index contributed by atoms with van der Waals surface area (Å²) in [5.41, 5.74) is 4.95. The molecule has 4 aromatic rings. The van der Waals surface area contributed by atoms with E-state index in [9.17, 15) is 4.79 Å². The van der Waals surface area contributed by atoms with Crippen LogP contribution >= 0.6 is 0 Å². The van der Waals surface area contributed by atoms with Crippen LogP contribution in [0.3, 0.4) is 0 Å². The third kappa shape index (κ3) is 5.79. The molecule has 0 saturated carbocycles. The van der Waals surface area contributed by atoms with E-state index in [2.05, 4.69) is 39.7 Å². The van der Waals surface area contributed by atoms with Crippen molar-refractivity contribution in [1.29, 1.82) is 0 Å². The summed E-state index contributed by atoms with van der Waals surface area (Å²) >= 11 is 0. The minimum absolute atomic E-state index is 0.0618. The molecule has 1 aromatic heterocycles. The molecule has 3 aromatic carbocycles. The highest BCUT2D eigenvalue weighted by molar-refractivity contribution is 5.94. The molecule has 0 bridgehead atoms. The predicted octanol–water partition coefficient (Wildman–Crippen LogP) is 5.56. The lowest BCUT2D eigenvalue weighted by Gasteiger charge is -2.09. The molecular formula is C27H26N4O. The van der Waals surface area contributed by atoms with Crippen LogP contribution in [0.5, 0.6) is 0 Å². The Hall–Kier alpha value is -3.99. The normalized spacial score (nSPS) is 10.5. The Balaban J connectivity index is 1.31. The largest absolute Gasteiger partial charge is 0.352 e. The van der Waals surface area contributed by atoms with E-state index in [1.807, 2.05) is 72.8 Å². The van der Waals surface area contributed by atoms with Gasteiger partial charge < -0.3 is 10.6 Å². The van der Waals surface area contributed by atoms with Crippen molar-refractivity contribution in [3.8, 4) is 11.4 Å². The van der Waals surface area contributed by atoms with Gasteiger partial charge in [-0.15, -0.1) is 0 Å². The second-order valence-electron chi connectivity index (χ2n) is 7.68. The highest BCUT2D eigenvalue weighted by atomic mass is 16.1. The topological polar surface area (TPSA) is 66.9 Å². The highest BCUT2D eigenvalue weighted by Gasteiger charge is 2.06. The first kappa shape index (κ1) is 21.2. The zero-order valence-corrected chi connectivity index (χ0v) is 18.1. The Morgan fingerprint density at radius 1 is 0.875 bits per heavy atom. The fraction of sp³-hybridized carbons (Fsp3) is 0.148. The predicted molar refractivity (Wildman–Crippen MR) is 129 cm³/mol. The fourth-order valence-corrected chi connectivity index (χ4v) is 3.36. The van der Waals surface area contributed by atoms with Crippen molar-refractivity contribution in [1.82, 2.24) is 15.3 Å². The number of hydrogen-bond donors (Lipinski definition) is 2. The van der Waals surface area contributed by atoms with Crippen LogP contribution in [-0.2, 0) is 6.42 Å². The average Bonchev–Trinajstić information content (AvgIpc) is 2.83. The van der Waals surface area contributed by atoms with E-state index in [1.54, 1.807) is 6.20 Å². The molecule has 1 amide bonds. The van der Waals surface area contributed by atoms with Crippen LogP contribution in [-0.4, -0.2) is 22.4 Å². The number of amides is 1. The number of rotatable bonds is 8. The van der Waals surface area contributed by atoms with Crippen molar-refractivity contribution in [2.24, 2.45) is 0 Å². The average molecular weight is 423 g/mol. The lowest BCUT2D eigenvalue weighted by atomic mass is 10.1. The second-order valence-corrected chi connectivity index (χ2v) is 7.68. The number of anilines is 2. The van der Waals surface area contributed by atoms with Crippen molar-refractivity contribution < 1.29 is 4.79 Å². The van der Waals surface area contributed by atoms with Gasteiger partial charge in [-0.2, -0.15) is 0 Å². The van der Waals surface area contributed by atoms with Crippen molar-refractivity contribution in [3.63, 3.8) is 0 Å². The lowest BCUT2D eigenvalue weighted by molar-refractivity contribution is 0.0953. The van der Waals surface area contributed by atoms with Gasteiger partial charge in [-0.05, 0) is 55.7 Å². The fourth-order valence-electron chi connectivity index (χ4n) is 3.36. The first-order valence-electron chi connectivity index (χ1n) is 10.8. The number of aryl methyl sites for hydroxylation is 2. The van der Waals surface area contributed by atoms with E-state index in [0.717, 1.165) is 24.1 Å². The molecule has 160 valence electrons. The minimum Gasteiger partial charge on any atom is -0.352 e. The number of carbonyl (C=O) groups is 1. The molecule has 1 heterocycles. The molecular weight excluding hydrogens is 396 g/mol. The van der Waals surface area contributed by atoms with Crippen LogP contribution in [0.1, 0.15) is 27.9 Å². The number of hydrogen-bond acceptors (Lipinski definition) is 4. The molecule has 0 atom stereocenters. The second kappa shape index (κ2) is 10.4. The van der Waals surface area contributed by atoms with E-state index >= 15 is 0 Å². The van der Waals surface area contributed by atoms with Crippen LogP contribution in [0.15, 0.2) is 91.1 Å². The van der Waals surface area contributed by atoms with Crippen LogP contribution in [0, 0.1) is 6.92 Å². The summed E-state index contributed by atoms with van der Waals surface area (Å²) < 4.78 is 0. The van der Waals surface area contributed by atoms with Gasteiger partial charge in [0.15, 0.2) is 5.82 Å². The molecule has 0 radical (unpaired) electrons. The smallest absolute Gasteiger partial charge is 0.251 e. The summed E-state index contributed by atoms with van der Waals surface area (Å²) in [7, 11) is 0. The van der Waals surface area contributed by atoms with E-state index in [-0.39, 0.29) is 5.91 Å². The van der Waals surface area contributed by atoms with Gasteiger partial charge in [0, 0.05) is 29.6 Å². The zero-order chi connectivity index (χ0) is 22.2. The Labute approximate surface area is 188 Å². The van der Waals surface area contributed by atoms with Crippen molar-refractivity contribution in [2.45, 2.75) is 19.8 Å². The molecule has 0 saturated heterocycles. The number of carbonyl (C=O) groups excluding carboxylic acids is 1. The van der Waals surface area contributed by atoms with Gasteiger partial charge in [0.25, 0.3) is 5.91 Å². The summed E-state index contributed by atoms with van der Waals surface area (Å²) in [5.74, 6) is 1.31. The molecule has 0 fully saturated rings. The zero-order valence-electron chi connectivity index (χ0n) is 18.1. The summed E-state index contributed by atoms with van der Waals surface area (Å²) in [4.78, 5) is 21.4. The Morgan fingerprint density at radius 2 is 1.62 bits per heavy atom. The van der Waals surface area contributed by atoms with Gasteiger partial charge >= 0.3 is 0 Å². The molecule has 0 aliphatic heterocycles. The van der Waals surface area contributed by atoms with Gasteiger partial charge in [-0.1, -0.05) is 60.2 Å². The molecule has 32 heavy (non-hydrogen) atoms. The van der Waals surface area contributed by atoms with E-state index in [1.165, 1.54) is 11.1 Å². The Kier molecular flexibility index (Phi) is 6.88. The number of nitrogens with zero attached hydrogens (tertiary/aromatic N) is 2. The van der Waals surface area contributed by atoms with Crippen LogP contribution < -0.4 is 10.6 Å². The minimum atomic E-state index is -0.0618. The summed E-state index contributed by atoms with van der Waals surface area (Å²) in [6.07, 6.45) is 3.60. The van der Waals surface area contributed by atoms with Gasteiger partial charge in [0.1, 0.15) is 5.82 Å². The van der Waals surface area contributed by atoms with E-state index in [0.29, 0.717) is 23.8 Å². The van der Waals surface area contributed by atoms with E-state index < -0.39 is 0 Å². The maximum absolute atomic E-state index is 12.4. The summed E-state index contributed by atoms with van der Waals surface area (Å²) in [6.45, 7) is 2.70. The molecule has 0 aliphatic rings. The molecule has 2 N–H and O–H groups in total. The van der Waals surface area contributed by atoms with E-state index in [4.69, 9.17) is 0 Å². The van der Waals surface area contributed by atoms with Gasteiger partial charge in [-0.25, -0.2) is 9.97 Å². The molecule has 5 nitrogen and oxygen atoms in total. The number of nitrogens with one attached hydrogen (secondary N) is 2. The molecule has 0 spiro atoms. The number of benzene rings is 3. The Bertz CT molecular complexity index is 1160. The van der Waals surface area contributed by atoms with Crippen molar-refractivity contribution in [3.05, 3.63) is 108 Å². The van der Waals surface area contributed by atoms with Crippen LogP contribution in [0.2, 0.25) is 0 Å². The van der Waals surface area contributed by atoms with Gasteiger partial charge in [0.2, 0.25) is 0 Å². The molecule has 0 aliphatic carbocycles. The summed E-state index contributed by atoms with van der Waals surface area (Å²) in [5, 5.41) is 6.27. The maximum atomic E-state index is 12.4. The first-order chi connectivity index (χ1) is 15.7.